The van der Waals surface area contributed by atoms with Crippen LogP contribution in [0.15, 0.2) is 10.5 Å². The summed E-state index contributed by atoms with van der Waals surface area (Å²) in [7, 11) is 0. The Hall–Kier alpha value is -0.610. The zero-order valence-corrected chi connectivity index (χ0v) is 10.4. The average Bonchev–Trinajstić information content (AvgIpc) is 2.16. The minimum absolute atomic E-state index is 0.0148. The maximum absolute atomic E-state index is 13.8. The molecule has 0 spiro atoms. The molecule has 1 aromatic carbocycles. The zero-order chi connectivity index (χ0) is 11.6. The molecule has 0 bridgehead atoms. The van der Waals surface area contributed by atoms with Crippen molar-refractivity contribution in [2.45, 2.75) is 26.2 Å². The van der Waals surface area contributed by atoms with Crippen LogP contribution in [-0.2, 0) is 0 Å². The Morgan fingerprint density at radius 2 is 2.20 bits per heavy atom. The van der Waals surface area contributed by atoms with Gasteiger partial charge in [-0.1, -0.05) is 6.92 Å². The van der Waals surface area contributed by atoms with Gasteiger partial charge in [-0.2, -0.15) is 0 Å². The third-order valence-corrected chi connectivity index (χ3v) is 3.10. The van der Waals surface area contributed by atoms with Gasteiger partial charge in [-0.05, 0) is 53.4 Å². The highest BCUT2D eigenvalue weighted by Gasteiger charge is 2.19. The molecule has 2 nitrogen and oxygen atoms in total. The first-order valence-electron chi connectivity index (χ1n) is 4.86. The Bertz CT molecular complexity index is 342. The molecule has 1 atom stereocenters. The van der Waals surface area contributed by atoms with E-state index in [0.717, 1.165) is 0 Å². The molecule has 0 saturated carbocycles. The van der Waals surface area contributed by atoms with Gasteiger partial charge in [0.2, 0.25) is 0 Å². The predicted octanol–water partition coefficient (Wildman–Crippen LogP) is 3.05. The van der Waals surface area contributed by atoms with E-state index >= 15 is 0 Å². The Kier molecular flexibility index (Phi) is 4.11. The largest absolute Gasteiger partial charge is 0.506 e. The van der Waals surface area contributed by atoms with Crippen molar-refractivity contribution < 1.29 is 9.50 Å². The van der Waals surface area contributed by atoms with Crippen molar-refractivity contribution in [1.82, 2.24) is 0 Å². The van der Waals surface area contributed by atoms with Crippen LogP contribution in [0, 0.1) is 12.7 Å². The highest BCUT2D eigenvalue weighted by Crippen LogP contribution is 2.37. The van der Waals surface area contributed by atoms with Gasteiger partial charge >= 0.3 is 0 Å². The van der Waals surface area contributed by atoms with Crippen molar-refractivity contribution in [3.05, 3.63) is 27.5 Å². The second kappa shape index (κ2) is 4.94. The smallest absolute Gasteiger partial charge is 0.136 e. The number of phenols is 1. The third-order valence-electron chi connectivity index (χ3n) is 2.50. The van der Waals surface area contributed by atoms with Crippen LogP contribution in [0.25, 0.3) is 0 Å². The Morgan fingerprint density at radius 1 is 1.60 bits per heavy atom. The lowest BCUT2D eigenvalue weighted by Crippen LogP contribution is -2.07. The van der Waals surface area contributed by atoms with Gasteiger partial charge in [0.15, 0.2) is 0 Å². The molecule has 0 aromatic heterocycles. The summed E-state index contributed by atoms with van der Waals surface area (Å²) in [5.74, 6) is -0.429. The van der Waals surface area contributed by atoms with Gasteiger partial charge in [-0.3, -0.25) is 0 Å². The molecule has 0 saturated heterocycles. The number of nitrogens with two attached hydrogens (primary N) is 1. The van der Waals surface area contributed by atoms with E-state index in [1.54, 1.807) is 13.0 Å². The van der Waals surface area contributed by atoms with Crippen molar-refractivity contribution in [2.75, 3.05) is 6.54 Å². The van der Waals surface area contributed by atoms with Crippen LogP contribution in [0.1, 0.15) is 30.4 Å². The molecule has 84 valence electrons. The molecule has 0 aliphatic rings. The fourth-order valence-electron chi connectivity index (χ4n) is 1.61. The van der Waals surface area contributed by atoms with Crippen LogP contribution < -0.4 is 5.73 Å². The summed E-state index contributed by atoms with van der Waals surface area (Å²) in [6.45, 7) is 4.01. The number of hydrogen-bond donors (Lipinski definition) is 2. The van der Waals surface area contributed by atoms with E-state index in [1.165, 1.54) is 0 Å². The molecule has 1 unspecified atom stereocenters. The number of hydrogen-bond acceptors (Lipinski definition) is 2. The minimum atomic E-state index is -0.336. The first-order valence-corrected chi connectivity index (χ1v) is 5.65. The maximum atomic E-state index is 13.8. The number of aryl methyl sites for hydroxylation is 1. The number of halogens is 2. The number of benzene rings is 1. The highest BCUT2D eigenvalue weighted by atomic mass is 79.9. The number of rotatable bonds is 3. The van der Waals surface area contributed by atoms with E-state index in [9.17, 15) is 9.50 Å². The van der Waals surface area contributed by atoms with Crippen molar-refractivity contribution >= 4 is 15.9 Å². The zero-order valence-electron chi connectivity index (χ0n) is 8.85. The molecule has 3 N–H and O–H groups in total. The molecular weight excluding hydrogens is 261 g/mol. The van der Waals surface area contributed by atoms with Crippen molar-refractivity contribution in [3.63, 3.8) is 0 Å². The molecule has 0 aliphatic carbocycles. The topological polar surface area (TPSA) is 46.2 Å². The summed E-state index contributed by atoms with van der Waals surface area (Å²) in [5.41, 5.74) is 6.31. The summed E-state index contributed by atoms with van der Waals surface area (Å²) in [6, 6.07) is 1.57. The van der Waals surface area contributed by atoms with Crippen LogP contribution in [0.2, 0.25) is 0 Å². The average molecular weight is 276 g/mol. The summed E-state index contributed by atoms with van der Waals surface area (Å²) >= 11 is 3.20. The van der Waals surface area contributed by atoms with Gasteiger partial charge < -0.3 is 10.8 Å². The molecule has 1 aromatic rings. The normalized spacial score (nSPS) is 12.9. The molecule has 0 fully saturated rings. The SMILES string of the molecule is Cc1cc(Br)c(O)c(C(C)CCN)c1F. The van der Waals surface area contributed by atoms with E-state index in [2.05, 4.69) is 15.9 Å². The monoisotopic (exact) mass is 275 g/mol. The Labute approximate surface area is 97.4 Å². The lowest BCUT2D eigenvalue weighted by Gasteiger charge is -2.16. The van der Waals surface area contributed by atoms with Crippen molar-refractivity contribution in [1.29, 1.82) is 0 Å². The standard InChI is InChI=1S/C11H15BrFNO/c1-6(3-4-14)9-10(13)7(2)5-8(12)11(9)15/h5-6,15H,3-4,14H2,1-2H3. The molecule has 4 heteroatoms. The summed E-state index contributed by atoms with van der Waals surface area (Å²) in [6.07, 6.45) is 0.653. The van der Waals surface area contributed by atoms with E-state index in [1.807, 2.05) is 6.92 Å². The molecule has 0 heterocycles. The lowest BCUT2D eigenvalue weighted by atomic mass is 9.94. The first kappa shape index (κ1) is 12.5. The van der Waals surface area contributed by atoms with Crippen LogP contribution in [0.4, 0.5) is 4.39 Å². The van der Waals surface area contributed by atoms with Crippen LogP contribution >= 0.6 is 15.9 Å². The van der Waals surface area contributed by atoms with Gasteiger partial charge in [0.25, 0.3) is 0 Å². The molecule has 0 amide bonds. The second-order valence-corrected chi connectivity index (χ2v) is 4.58. The second-order valence-electron chi connectivity index (χ2n) is 3.73. The molecule has 0 aliphatic heterocycles. The molecular formula is C11H15BrFNO. The van der Waals surface area contributed by atoms with Crippen molar-refractivity contribution in [2.24, 2.45) is 5.73 Å². The van der Waals surface area contributed by atoms with E-state index < -0.39 is 0 Å². The quantitative estimate of drug-likeness (QED) is 0.891. The van der Waals surface area contributed by atoms with Gasteiger partial charge in [-0.15, -0.1) is 0 Å². The van der Waals surface area contributed by atoms with Crippen LogP contribution in [-0.4, -0.2) is 11.7 Å². The predicted molar refractivity (Wildman–Crippen MR) is 62.6 cm³/mol. The lowest BCUT2D eigenvalue weighted by molar-refractivity contribution is 0.444. The van der Waals surface area contributed by atoms with E-state index in [0.29, 0.717) is 28.6 Å². The Morgan fingerprint density at radius 3 is 2.73 bits per heavy atom. The van der Waals surface area contributed by atoms with Gasteiger partial charge in [0, 0.05) is 5.56 Å². The van der Waals surface area contributed by atoms with Crippen molar-refractivity contribution in [3.8, 4) is 5.75 Å². The van der Waals surface area contributed by atoms with Gasteiger partial charge in [0.1, 0.15) is 11.6 Å². The van der Waals surface area contributed by atoms with E-state index in [-0.39, 0.29) is 17.5 Å². The first-order chi connectivity index (χ1) is 6.99. The molecule has 0 radical (unpaired) electrons. The van der Waals surface area contributed by atoms with Crippen LogP contribution in [0.5, 0.6) is 5.75 Å². The highest BCUT2D eigenvalue weighted by molar-refractivity contribution is 9.10. The number of phenolic OH excluding ortho intramolecular Hbond substituents is 1. The summed E-state index contributed by atoms with van der Waals surface area (Å²) < 4.78 is 14.3. The fraction of sp³-hybridized carbons (Fsp3) is 0.455. The van der Waals surface area contributed by atoms with E-state index in [4.69, 9.17) is 5.73 Å². The Balaban J connectivity index is 3.26. The number of aromatic hydroxyl groups is 1. The molecule has 15 heavy (non-hydrogen) atoms. The third kappa shape index (κ3) is 2.49. The fourth-order valence-corrected chi connectivity index (χ4v) is 2.17. The minimum Gasteiger partial charge on any atom is -0.506 e. The van der Waals surface area contributed by atoms with Gasteiger partial charge in [0.05, 0.1) is 4.47 Å². The van der Waals surface area contributed by atoms with Crippen LogP contribution in [0.3, 0.4) is 0 Å². The summed E-state index contributed by atoms with van der Waals surface area (Å²) in [4.78, 5) is 0. The summed E-state index contributed by atoms with van der Waals surface area (Å²) in [5, 5.41) is 9.77. The molecule has 1 rings (SSSR count). The maximum Gasteiger partial charge on any atom is 0.136 e. The van der Waals surface area contributed by atoms with Gasteiger partial charge in [-0.25, -0.2) is 4.39 Å².